The van der Waals surface area contributed by atoms with E-state index >= 15 is 0 Å². The van der Waals surface area contributed by atoms with E-state index < -0.39 is 0 Å². The van der Waals surface area contributed by atoms with Gasteiger partial charge in [0.15, 0.2) is 5.11 Å². The summed E-state index contributed by atoms with van der Waals surface area (Å²) in [4.78, 5) is 11.8. The quantitative estimate of drug-likeness (QED) is 0.624. The molecule has 5 heteroatoms. The SMILES string of the molecule is Cc1ccc(NC(=S)Nc2ccc(C(=O)OC(C)C)cc2)c(C)c1. The first-order valence-electron chi connectivity index (χ1n) is 7.81. The fourth-order valence-corrected chi connectivity index (χ4v) is 2.44. The van der Waals surface area contributed by atoms with Crippen molar-refractivity contribution in [2.75, 3.05) is 10.6 Å². The van der Waals surface area contributed by atoms with Crippen LogP contribution in [0.2, 0.25) is 0 Å². The van der Waals surface area contributed by atoms with Crippen LogP contribution in [-0.4, -0.2) is 17.2 Å². The second-order valence-electron chi connectivity index (χ2n) is 5.93. The molecule has 2 aromatic carbocycles. The number of carbonyl (C=O) groups is 1. The van der Waals surface area contributed by atoms with Crippen molar-refractivity contribution in [2.45, 2.75) is 33.8 Å². The van der Waals surface area contributed by atoms with Crippen molar-refractivity contribution >= 4 is 34.7 Å². The predicted octanol–water partition coefficient (Wildman–Crippen LogP) is 4.68. The van der Waals surface area contributed by atoms with Crippen LogP contribution < -0.4 is 10.6 Å². The Balaban J connectivity index is 1.98. The van der Waals surface area contributed by atoms with E-state index in [1.165, 1.54) is 5.56 Å². The fourth-order valence-electron chi connectivity index (χ4n) is 2.21. The lowest BCUT2D eigenvalue weighted by Crippen LogP contribution is -2.19. The van der Waals surface area contributed by atoms with Crippen LogP contribution in [0, 0.1) is 13.8 Å². The number of hydrogen-bond donors (Lipinski definition) is 2. The lowest BCUT2D eigenvalue weighted by atomic mass is 10.1. The number of hydrogen-bond acceptors (Lipinski definition) is 3. The van der Waals surface area contributed by atoms with Gasteiger partial charge < -0.3 is 15.4 Å². The molecule has 0 heterocycles. The molecule has 126 valence electrons. The first-order chi connectivity index (χ1) is 11.3. The van der Waals surface area contributed by atoms with Gasteiger partial charge in [-0.05, 0) is 75.8 Å². The second-order valence-corrected chi connectivity index (χ2v) is 6.34. The third kappa shape index (κ3) is 5.06. The molecule has 0 aliphatic rings. The van der Waals surface area contributed by atoms with Gasteiger partial charge in [0.25, 0.3) is 0 Å². The molecular formula is C19H22N2O2S. The molecule has 0 radical (unpaired) electrons. The zero-order valence-corrected chi connectivity index (χ0v) is 15.2. The van der Waals surface area contributed by atoms with Crippen LogP contribution in [0.1, 0.15) is 35.3 Å². The molecule has 0 amide bonds. The number of rotatable bonds is 4. The summed E-state index contributed by atoms with van der Waals surface area (Å²) >= 11 is 5.34. The van der Waals surface area contributed by atoms with Crippen molar-refractivity contribution in [1.29, 1.82) is 0 Å². The van der Waals surface area contributed by atoms with Crippen LogP contribution in [0.25, 0.3) is 0 Å². The van der Waals surface area contributed by atoms with Crippen LogP contribution in [0.4, 0.5) is 11.4 Å². The molecule has 0 aromatic heterocycles. The van der Waals surface area contributed by atoms with Gasteiger partial charge in [-0.15, -0.1) is 0 Å². The van der Waals surface area contributed by atoms with Crippen molar-refractivity contribution in [3.63, 3.8) is 0 Å². The maximum Gasteiger partial charge on any atom is 0.338 e. The molecule has 24 heavy (non-hydrogen) atoms. The average Bonchev–Trinajstić information content (AvgIpc) is 2.50. The fraction of sp³-hybridized carbons (Fsp3) is 0.263. The van der Waals surface area contributed by atoms with Crippen molar-refractivity contribution < 1.29 is 9.53 Å². The standard InChI is InChI=1S/C19H22N2O2S/c1-12(2)23-18(22)15-6-8-16(9-7-15)20-19(24)21-17-10-5-13(3)11-14(17)4/h5-12H,1-4H3,(H2,20,21,24). The normalized spacial score (nSPS) is 10.4. The summed E-state index contributed by atoms with van der Waals surface area (Å²) < 4.78 is 5.16. The van der Waals surface area contributed by atoms with Gasteiger partial charge in [0, 0.05) is 11.4 Å². The van der Waals surface area contributed by atoms with Gasteiger partial charge in [0.1, 0.15) is 0 Å². The van der Waals surface area contributed by atoms with Gasteiger partial charge in [-0.1, -0.05) is 17.7 Å². The molecule has 0 aliphatic heterocycles. The smallest absolute Gasteiger partial charge is 0.338 e. The Morgan fingerprint density at radius 1 is 1.04 bits per heavy atom. The first kappa shape index (κ1) is 17.9. The first-order valence-corrected chi connectivity index (χ1v) is 8.22. The number of nitrogens with one attached hydrogen (secondary N) is 2. The van der Waals surface area contributed by atoms with Crippen molar-refractivity contribution in [2.24, 2.45) is 0 Å². The van der Waals surface area contributed by atoms with Crippen LogP contribution in [0.3, 0.4) is 0 Å². The Hall–Kier alpha value is -2.40. The lowest BCUT2D eigenvalue weighted by Gasteiger charge is -2.13. The summed E-state index contributed by atoms with van der Waals surface area (Å²) in [5, 5.41) is 6.78. The largest absolute Gasteiger partial charge is 0.459 e. The minimum Gasteiger partial charge on any atom is -0.459 e. The highest BCUT2D eigenvalue weighted by Gasteiger charge is 2.09. The highest BCUT2D eigenvalue weighted by atomic mass is 32.1. The number of benzene rings is 2. The number of aryl methyl sites for hydroxylation is 2. The highest BCUT2D eigenvalue weighted by molar-refractivity contribution is 7.80. The molecule has 2 aromatic rings. The minimum atomic E-state index is -0.326. The Bertz CT molecular complexity index is 740. The van der Waals surface area contributed by atoms with Crippen LogP contribution in [-0.2, 0) is 4.74 Å². The number of esters is 1. The van der Waals surface area contributed by atoms with E-state index in [1.54, 1.807) is 24.3 Å². The zero-order chi connectivity index (χ0) is 17.7. The molecule has 0 aliphatic carbocycles. The third-order valence-electron chi connectivity index (χ3n) is 3.35. The van der Waals surface area contributed by atoms with E-state index in [9.17, 15) is 4.79 Å². The Morgan fingerprint density at radius 3 is 2.29 bits per heavy atom. The topological polar surface area (TPSA) is 50.4 Å². The molecule has 0 atom stereocenters. The molecule has 4 nitrogen and oxygen atoms in total. The molecule has 0 bridgehead atoms. The van der Waals surface area contributed by atoms with E-state index in [-0.39, 0.29) is 12.1 Å². The molecule has 0 saturated heterocycles. The molecule has 0 saturated carbocycles. The molecule has 0 spiro atoms. The third-order valence-corrected chi connectivity index (χ3v) is 3.56. The molecule has 0 unspecified atom stereocenters. The van der Waals surface area contributed by atoms with Gasteiger partial charge in [-0.3, -0.25) is 0 Å². The Kier molecular flexibility index (Phi) is 5.93. The minimum absolute atomic E-state index is 0.134. The van der Waals surface area contributed by atoms with Crippen molar-refractivity contribution in [1.82, 2.24) is 0 Å². The Labute approximate surface area is 148 Å². The monoisotopic (exact) mass is 342 g/mol. The molecule has 0 fully saturated rings. The van der Waals surface area contributed by atoms with Crippen LogP contribution in [0.15, 0.2) is 42.5 Å². The average molecular weight is 342 g/mol. The number of anilines is 2. The lowest BCUT2D eigenvalue weighted by molar-refractivity contribution is 0.0378. The molecular weight excluding hydrogens is 320 g/mol. The summed E-state index contributed by atoms with van der Waals surface area (Å²) in [6, 6.07) is 13.2. The second kappa shape index (κ2) is 7.93. The van der Waals surface area contributed by atoms with Gasteiger partial charge in [-0.2, -0.15) is 0 Å². The number of ether oxygens (including phenoxy) is 1. The van der Waals surface area contributed by atoms with Gasteiger partial charge in [-0.25, -0.2) is 4.79 Å². The van der Waals surface area contributed by atoms with Crippen LogP contribution >= 0.6 is 12.2 Å². The van der Waals surface area contributed by atoms with E-state index in [2.05, 4.69) is 23.6 Å². The zero-order valence-electron chi connectivity index (χ0n) is 14.3. The molecule has 2 N–H and O–H groups in total. The van der Waals surface area contributed by atoms with Crippen LogP contribution in [0.5, 0.6) is 0 Å². The summed E-state index contributed by atoms with van der Waals surface area (Å²) in [5.74, 6) is -0.326. The number of thiocarbonyl (C=S) groups is 1. The van der Waals surface area contributed by atoms with E-state index in [0.717, 1.165) is 16.9 Å². The van der Waals surface area contributed by atoms with Crippen molar-refractivity contribution in [3.05, 3.63) is 59.2 Å². The summed E-state index contributed by atoms with van der Waals surface area (Å²) in [6.07, 6.45) is -0.134. The maximum atomic E-state index is 11.8. The maximum absolute atomic E-state index is 11.8. The highest BCUT2D eigenvalue weighted by Crippen LogP contribution is 2.17. The molecule has 2 rings (SSSR count). The predicted molar refractivity (Wildman–Crippen MR) is 103 cm³/mol. The summed E-state index contributed by atoms with van der Waals surface area (Å²) in [6.45, 7) is 7.74. The van der Waals surface area contributed by atoms with E-state index in [1.807, 2.05) is 32.9 Å². The van der Waals surface area contributed by atoms with Gasteiger partial charge >= 0.3 is 5.97 Å². The van der Waals surface area contributed by atoms with Gasteiger partial charge in [0.05, 0.1) is 11.7 Å². The van der Waals surface area contributed by atoms with E-state index in [0.29, 0.717) is 10.7 Å². The summed E-state index contributed by atoms with van der Waals surface area (Å²) in [7, 11) is 0. The number of carbonyl (C=O) groups excluding carboxylic acids is 1. The van der Waals surface area contributed by atoms with Gasteiger partial charge in [0.2, 0.25) is 0 Å². The van der Waals surface area contributed by atoms with Crippen molar-refractivity contribution in [3.8, 4) is 0 Å². The summed E-state index contributed by atoms with van der Waals surface area (Å²) in [5.41, 5.74) is 4.63. The van der Waals surface area contributed by atoms with E-state index in [4.69, 9.17) is 17.0 Å². The Morgan fingerprint density at radius 2 is 1.71 bits per heavy atom.